The van der Waals surface area contributed by atoms with Crippen LogP contribution in [0.15, 0.2) is 24.3 Å². The Balaban J connectivity index is 2.14. The van der Waals surface area contributed by atoms with Gasteiger partial charge in [-0.25, -0.2) is 0 Å². The molecule has 1 aromatic rings. The average Bonchev–Trinajstić information content (AvgIpc) is 2.29. The first kappa shape index (κ1) is 11.5. The Morgan fingerprint density at radius 3 is 2.38 bits per heavy atom. The van der Waals surface area contributed by atoms with E-state index in [1.165, 1.54) is 31.2 Å². The van der Waals surface area contributed by atoms with E-state index >= 15 is 0 Å². The summed E-state index contributed by atoms with van der Waals surface area (Å²) in [6.07, 6.45) is 5.26. The van der Waals surface area contributed by atoms with Crippen LogP contribution in [0.2, 0.25) is 0 Å². The zero-order chi connectivity index (χ0) is 11.6. The summed E-state index contributed by atoms with van der Waals surface area (Å²) in [6.45, 7) is 4.76. The average molecular weight is 218 g/mol. The lowest BCUT2D eigenvalue weighted by Crippen LogP contribution is -2.20. The number of benzene rings is 1. The van der Waals surface area contributed by atoms with Crippen molar-refractivity contribution in [2.24, 2.45) is 5.41 Å². The zero-order valence-electron chi connectivity index (χ0n) is 10.6. The fourth-order valence-electron chi connectivity index (χ4n) is 2.71. The van der Waals surface area contributed by atoms with Crippen LogP contribution in [0.3, 0.4) is 0 Å². The molecule has 0 heterocycles. The van der Waals surface area contributed by atoms with Crippen LogP contribution in [0, 0.1) is 5.41 Å². The van der Waals surface area contributed by atoms with Crippen molar-refractivity contribution < 1.29 is 4.74 Å². The molecule has 1 aromatic carbocycles. The molecule has 1 heteroatoms. The van der Waals surface area contributed by atoms with Gasteiger partial charge in [0.05, 0.1) is 7.11 Å². The van der Waals surface area contributed by atoms with Crippen LogP contribution in [-0.2, 0) is 0 Å². The normalized spacial score (nSPS) is 20.7. The van der Waals surface area contributed by atoms with Gasteiger partial charge in [0.1, 0.15) is 5.75 Å². The summed E-state index contributed by atoms with van der Waals surface area (Å²) in [5.74, 6) is 1.76. The van der Waals surface area contributed by atoms with E-state index in [2.05, 4.69) is 38.1 Å². The molecule has 0 spiro atoms. The van der Waals surface area contributed by atoms with Gasteiger partial charge in [-0.05, 0) is 48.6 Å². The first-order valence-electron chi connectivity index (χ1n) is 6.25. The molecule has 1 saturated carbocycles. The number of rotatable bonds is 2. The molecule has 1 aliphatic rings. The molecular formula is C15H22O. The Labute approximate surface area is 98.8 Å². The highest BCUT2D eigenvalue weighted by atomic mass is 16.5. The molecule has 0 amide bonds. The molecule has 0 unspecified atom stereocenters. The number of para-hydroxylation sites is 1. The van der Waals surface area contributed by atoms with Crippen molar-refractivity contribution in [1.82, 2.24) is 0 Å². The van der Waals surface area contributed by atoms with Crippen LogP contribution in [0.25, 0.3) is 0 Å². The zero-order valence-corrected chi connectivity index (χ0v) is 10.6. The summed E-state index contributed by atoms with van der Waals surface area (Å²) in [6, 6.07) is 8.48. The predicted octanol–water partition coefficient (Wildman–Crippen LogP) is 4.38. The highest BCUT2D eigenvalue weighted by molar-refractivity contribution is 5.36. The molecule has 0 aromatic heterocycles. The van der Waals surface area contributed by atoms with Crippen molar-refractivity contribution in [2.45, 2.75) is 45.4 Å². The second-order valence-electron chi connectivity index (χ2n) is 5.68. The van der Waals surface area contributed by atoms with E-state index in [4.69, 9.17) is 4.74 Å². The van der Waals surface area contributed by atoms with E-state index in [1.807, 2.05) is 0 Å². The predicted molar refractivity (Wildman–Crippen MR) is 68.0 cm³/mol. The summed E-state index contributed by atoms with van der Waals surface area (Å²) < 4.78 is 5.45. The van der Waals surface area contributed by atoms with Gasteiger partial charge in [0.25, 0.3) is 0 Å². The summed E-state index contributed by atoms with van der Waals surface area (Å²) in [4.78, 5) is 0. The van der Waals surface area contributed by atoms with E-state index in [-0.39, 0.29) is 0 Å². The van der Waals surface area contributed by atoms with Crippen molar-refractivity contribution in [3.63, 3.8) is 0 Å². The van der Waals surface area contributed by atoms with Crippen molar-refractivity contribution in [3.05, 3.63) is 29.8 Å². The molecule has 1 fully saturated rings. The highest BCUT2D eigenvalue weighted by Gasteiger charge is 2.28. The summed E-state index contributed by atoms with van der Waals surface area (Å²) >= 11 is 0. The van der Waals surface area contributed by atoms with E-state index in [1.54, 1.807) is 7.11 Å². The second kappa shape index (κ2) is 4.48. The lowest BCUT2D eigenvalue weighted by atomic mass is 9.71. The highest BCUT2D eigenvalue weighted by Crippen LogP contribution is 2.44. The molecule has 88 valence electrons. The van der Waals surface area contributed by atoms with Gasteiger partial charge in [0.2, 0.25) is 0 Å². The Morgan fingerprint density at radius 2 is 1.75 bits per heavy atom. The minimum Gasteiger partial charge on any atom is -0.496 e. The first-order valence-corrected chi connectivity index (χ1v) is 6.25. The van der Waals surface area contributed by atoms with Gasteiger partial charge >= 0.3 is 0 Å². The molecule has 0 atom stereocenters. The smallest absolute Gasteiger partial charge is 0.122 e. The maximum Gasteiger partial charge on any atom is 0.122 e. The van der Waals surface area contributed by atoms with Gasteiger partial charge < -0.3 is 4.74 Å². The Hall–Kier alpha value is -0.980. The minimum absolute atomic E-state index is 0.540. The van der Waals surface area contributed by atoms with Gasteiger partial charge in [-0.2, -0.15) is 0 Å². The Bertz CT molecular complexity index is 344. The van der Waals surface area contributed by atoms with Crippen LogP contribution < -0.4 is 4.74 Å². The van der Waals surface area contributed by atoms with Crippen molar-refractivity contribution in [3.8, 4) is 5.75 Å². The summed E-state index contributed by atoms with van der Waals surface area (Å²) in [5, 5.41) is 0. The third-order valence-corrected chi connectivity index (χ3v) is 3.92. The first-order chi connectivity index (χ1) is 7.62. The van der Waals surface area contributed by atoms with Gasteiger partial charge in [0.15, 0.2) is 0 Å². The largest absolute Gasteiger partial charge is 0.496 e. The summed E-state index contributed by atoms with van der Waals surface area (Å²) in [7, 11) is 1.77. The van der Waals surface area contributed by atoms with Crippen LogP contribution in [0.1, 0.15) is 51.0 Å². The van der Waals surface area contributed by atoms with E-state index in [9.17, 15) is 0 Å². The van der Waals surface area contributed by atoms with E-state index in [0.717, 1.165) is 5.75 Å². The summed E-state index contributed by atoms with van der Waals surface area (Å²) in [5.41, 5.74) is 1.94. The third-order valence-electron chi connectivity index (χ3n) is 3.92. The van der Waals surface area contributed by atoms with Crippen molar-refractivity contribution in [2.75, 3.05) is 7.11 Å². The lowest BCUT2D eigenvalue weighted by molar-refractivity contribution is 0.222. The quantitative estimate of drug-likeness (QED) is 0.715. The Morgan fingerprint density at radius 1 is 1.12 bits per heavy atom. The molecule has 1 nitrogen and oxygen atoms in total. The molecular weight excluding hydrogens is 196 g/mol. The fourth-order valence-corrected chi connectivity index (χ4v) is 2.71. The molecule has 16 heavy (non-hydrogen) atoms. The van der Waals surface area contributed by atoms with Crippen LogP contribution >= 0.6 is 0 Å². The van der Waals surface area contributed by atoms with Gasteiger partial charge in [-0.15, -0.1) is 0 Å². The van der Waals surface area contributed by atoms with E-state index in [0.29, 0.717) is 11.3 Å². The molecule has 2 rings (SSSR count). The standard InChI is InChI=1S/C15H22O/c1-15(2)10-8-12(9-11-15)13-6-4-5-7-14(13)16-3/h4-7,12H,8-11H2,1-3H3. The van der Waals surface area contributed by atoms with Gasteiger partial charge in [-0.3, -0.25) is 0 Å². The maximum absolute atomic E-state index is 5.45. The lowest BCUT2D eigenvalue weighted by Gasteiger charge is -2.34. The molecule has 0 N–H and O–H groups in total. The van der Waals surface area contributed by atoms with Crippen molar-refractivity contribution >= 4 is 0 Å². The van der Waals surface area contributed by atoms with Gasteiger partial charge in [-0.1, -0.05) is 32.0 Å². The fraction of sp³-hybridized carbons (Fsp3) is 0.600. The minimum atomic E-state index is 0.540. The van der Waals surface area contributed by atoms with Crippen LogP contribution in [0.5, 0.6) is 5.75 Å². The molecule has 0 saturated heterocycles. The molecule has 0 aliphatic heterocycles. The van der Waals surface area contributed by atoms with Crippen LogP contribution in [0.4, 0.5) is 0 Å². The molecule has 1 aliphatic carbocycles. The Kier molecular flexibility index (Phi) is 3.22. The number of methoxy groups -OCH3 is 1. The SMILES string of the molecule is COc1ccccc1C1CCC(C)(C)CC1. The van der Waals surface area contributed by atoms with E-state index < -0.39 is 0 Å². The molecule has 0 radical (unpaired) electrons. The molecule has 0 bridgehead atoms. The van der Waals surface area contributed by atoms with Crippen molar-refractivity contribution in [1.29, 1.82) is 0 Å². The third kappa shape index (κ3) is 2.40. The van der Waals surface area contributed by atoms with Gasteiger partial charge in [0, 0.05) is 0 Å². The maximum atomic E-state index is 5.45. The number of hydrogen-bond donors (Lipinski definition) is 0. The number of hydrogen-bond acceptors (Lipinski definition) is 1. The topological polar surface area (TPSA) is 9.23 Å². The monoisotopic (exact) mass is 218 g/mol. The van der Waals surface area contributed by atoms with Crippen LogP contribution in [-0.4, -0.2) is 7.11 Å². The number of ether oxygens (including phenoxy) is 1. The second-order valence-corrected chi connectivity index (χ2v) is 5.68.